The zero-order valence-corrected chi connectivity index (χ0v) is 8.74. The predicted molar refractivity (Wildman–Crippen MR) is 56.1 cm³/mol. The fourth-order valence-electron chi connectivity index (χ4n) is 1.47. The van der Waals surface area contributed by atoms with Gasteiger partial charge in [-0.3, -0.25) is 20.2 Å². The van der Waals surface area contributed by atoms with E-state index in [4.69, 9.17) is 5.11 Å². The summed E-state index contributed by atoms with van der Waals surface area (Å²) in [4.78, 5) is 30.5. The van der Waals surface area contributed by atoms with Gasteiger partial charge < -0.3 is 5.11 Å². The molecule has 8 nitrogen and oxygen atoms in total. The SMILES string of the molecule is CCc1c(C(=O)O)cc([N+](=O)[O-])cc1[N+](=O)[O-]. The molecule has 1 aromatic carbocycles. The van der Waals surface area contributed by atoms with Gasteiger partial charge >= 0.3 is 5.97 Å². The van der Waals surface area contributed by atoms with Crippen molar-refractivity contribution < 1.29 is 19.7 Å². The fraction of sp³-hybridized carbons (Fsp3) is 0.222. The van der Waals surface area contributed by atoms with Crippen LogP contribution in [-0.4, -0.2) is 20.9 Å². The average Bonchev–Trinajstić information content (AvgIpc) is 2.26. The maximum absolute atomic E-state index is 10.9. The minimum atomic E-state index is -1.42. The summed E-state index contributed by atoms with van der Waals surface area (Å²) in [6, 6.07) is 1.60. The first-order valence-electron chi connectivity index (χ1n) is 4.57. The van der Waals surface area contributed by atoms with Crippen LogP contribution in [0.25, 0.3) is 0 Å². The Balaban J connectivity index is 3.63. The van der Waals surface area contributed by atoms with Crippen molar-refractivity contribution in [2.45, 2.75) is 13.3 Å². The van der Waals surface area contributed by atoms with Crippen LogP contribution in [0.3, 0.4) is 0 Å². The molecule has 1 aromatic rings. The van der Waals surface area contributed by atoms with E-state index in [0.717, 1.165) is 12.1 Å². The highest BCUT2D eigenvalue weighted by Gasteiger charge is 2.25. The first-order chi connectivity index (χ1) is 7.88. The van der Waals surface area contributed by atoms with E-state index in [1.54, 1.807) is 6.92 Å². The van der Waals surface area contributed by atoms with E-state index < -0.39 is 32.8 Å². The summed E-state index contributed by atoms with van der Waals surface area (Å²) in [5, 5.41) is 30.1. The monoisotopic (exact) mass is 240 g/mol. The van der Waals surface area contributed by atoms with Gasteiger partial charge in [-0.1, -0.05) is 6.92 Å². The van der Waals surface area contributed by atoms with Crippen LogP contribution >= 0.6 is 0 Å². The van der Waals surface area contributed by atoms with Crippen LogP contribution in [0.5, 0.6) is 0 Å². The van der Waals surface area contributed by atoms with Gasteiger partial charge in [-0.25, -0.2) is 4.79 Å². The number of hydrogen-bond donors (Lipinski definition) is 1. The molecule has 0 aliphatic heterocycles. The highest BCUT2D eigenvalue weighted by molar-refractivity contribution is 5.91. The smallest absolute Gasteiger partial charge is 0.336 e. The summed E-state index contributed by atoms with van der Waals surface area (Å²) < 4.78 is 0. The number of carboxylic acid groups (broad SMARTS) is 1. The highest BCUT2D eigenvalue weighted by Crippen LogP contribution is 2.29. The molecule has 1 rings (SSSR count). The zero-order chi connectivity index (χ0) is 13.2. The number of non-ortho nitro benzene ring substituents is 1. The number of rotatable bonds is 4. The second-order valence-corrected chi connectivity index (χ2v) is 3.16. The van der Waals surface area contributed by atoms with Gasteiger partial charge in [0, 0.05) is 11.6 Å². The standard InChI is InChI=1S/C9H8N2O6/c1-2-6-7(9(12)13)3-5(10(14)15)4-8(6)11(16)17/h3-4H,2H2,1H3,(H,12,13). The van der Waals surface area contributed by atoms with Gasteiger partial charge in [0.05, 0.1) is 21.5 Å². The Bertz CT molecular complexity index is 475. The third-order valence-electron chi connectivity index (χ3n) is 2.20. The van der Waals surface area contributed by atoms with Gasteiger partial charge in [0.25, 0.3) is 11.4 Å². The summed E-state index contributed by atoms with van der Waals surface area (Å²) in [7, 11) is 0. The molecule has 8 heteroatoms. The number of nitro benzene ring substituents is 2. The molecule has 0 bridgehead atoms. The number of nitrogens with zero attached hydrogens (tertiary/aromatic N) is 2. The lowest BCUT2D eigenvalue weighted by molar-refractivity contribution is -0.394. The summed E-state index contributed by atoms with van der Waals surface area (Å²) >= 11 is 0. The maximum Gasteiger partial charge on any atom is 0.336 e. The molecule has 0 spiro atoms. The van der Waals surface area contributed by atoms with Crippen molar-refractivity contribution in [1.29, 1.82) is 0 Å². The Labute approximate surface area is 94.8 Å². The lowest BCUT2D eigenvalue weighted by atomic mass is 10.0. The normalized spacial score (nSPS) is 9.94. The molecule has 0 aliphatic rings. The Morgan fingerprint density at radius 3 is 2.24 bits per heavy atom. The molecule has 17 heavy (non-hydrogen) atoms. The van der Waals surface area contributed by atoms with E-state index >= 15 is 0 Å². The van der Waals surface area contributed by atoms with Crippen molar-refractivity contribution in [2.75, 3.05) is 0 Å². The minimum absolute atomic E-state index is 0.0203. The van der Waals surface area contributed by atoms with Gasteiger partial charge in [0.2, 0.25) is 0 Å². The largest absolute Gasteiger partial charge is 0.478 e. The number of nitro groups is 2. The van der Waals surface area contributed by atoms with E-state index in [0.29, 0.717) is 0 Å². The van der Waals surface area contributed by atoms with Gasteiger partial charge in [0.1, 0.15) is 0 Å². The van der Waals surface area contributed by atoms with Crippen LogP contribution in [0.15, 0.2) is 12.1 Å². The number of carbonyl (C=O) groups is 1. The zero-order valence-electron chi connectivity index (χ0n) is 8.74. The van der Waals surface area contributed by atoms with Gasteiger partial charge in [-0.2, -0.15) is 0 Å². The van der Waals surface area contributed by atoms with Crippen molar-refractivity contribution in [3.8, 4) is 0 Å². The van der Waals surface area contributed by atoms with Gasteiger partial charge in [-0.15, -0.1) is 0 Å². The fourth-order valence-corrected chi connectivity index (χ4v) is 1.47. The second kappa shape index (κ2) is 4.56. The molecule has 0 aliphatic carbocycles. The molecule has 0 fully saturated rings. The van der Waals surface area contributed by atoms with Gasteiger partial charge in [0.15, 0.2) is 0 Å². The summed E-state index contributed by atoms with van der Waals surface area (Å²) in [6.45, 7) is 1.54. The lowest BCUT2D eigenvalue weighted by Gasteiger charge is -2.04. The number of hydrogen-bond acceptors (Lipinski definition) is 5. The summed E-state index contributed by atoms with van der Waals surface area (Å²) in [6.07, 6.45) is 0.107. The molecular formula is C9H8N2O6. The topological polar surface area (TPSA) is 124 Å². The maximum atomic E-state index is 10.9. The van der Waals surface area contributed by atoms with Crippen LogP contribution in [0.2, 0.25) is 0 Å². The minimum Gasteiger partial charge on any atom is -0.478 e. The van der Waals surface area contributed by atoms with Gasteiger partial charge in [-0.05, 0) is 6.42 Å². The molecule has 0 aromatic heterocycles. The third kappa shape index (κ3) is 2.36. The van der Waals surface area contributed by atoms with Crippen LogP contribution in [0, 0.1) is 20.2 Å². The lowest BCUT2D eigenvalue weighted by Crippen LogP contribution is -2.07. The van der Waals surface area contributed by atoms with Crippen LogP contribution < -0.4 is 0 Å². The molecule has 0 atom stereocenters. The molecule has 0 heterocycles. The Kier molecular flexibility index (Phi) is 3.37. The summed E-state index contributed by atoms with van der Waals surface area (Å²) in [5.74, 6) is -1.42. The van der Waals surface area contributed by atoms with Crippen molar-refractivity contribution in [3.05, 3.63) is 43.5 Å². The highest BCUT2D eigenvalue weighted by atomic mass is 16.6. The average molecular weight is 240 g/mol. The quantitative estimate of drug-likeness (QED) is 0.631. The molecule has 90 valence electrons. The first-order valence-corrected chi connectivity index (χ1v) is 4.57. The molecular weight excluding hydrogens is 232 g/mol. The van der Waals surface area contributed by atoms with Crippen molar-refractivity contribution >= 4 is 17.3 Å². The van der Waals surface area contributed by atoms with E-state index in [1.807, 2.05) is 0 Å². The second-order valence-electron chi connectivity index (χ2n) is 3.16. The molecule has 0 radical (unpaired) electrons. The van der Waals surface area contributed by atoms with E-state index in [9.17, 15) is 25.0 Å². The van der Waals surface area contributed by atoms with E-state index in [2.05, 4.69) is 0 Å². The van der Waals surface area contributed by atoms with Crippen LogP contribution in [0.4, 0.5) is 11.4 Å². The van der Waals surface area contributed by atoms with Crippen LogP contribution in [0.1, 0.15) is 22.8 Å². The number of carboxylic acids is 1. The molecule has 1 N–H and O–H groups in total. The van der Waals surface area contributed by atoms with E-state index in [-0.39, 0.29) is 12.0 Å². The van der Waals surface area contributed by atoms with E-state index in [1.165, 1.54) is 0 Å². The molecule has 0 unspecified atom stereocenters. The number of benzene rings is 1. The van der Waals surface area contributed by atoms with Crippen LogP contribution in [-0.2, 0) is 6.42 Å². The third-order valence-corrected chi connectivity index (χ3v) is 2.20. The Morgan fingerprint density at radius 2 is 1.88 bits per heavy atom. The van der Waals surface area contributed by atoms with Crippen molar-refractivity contribution in [2.24, 2.45) is 0 Å². The molecule has 0 saturated heterocycles. The Morgan fingerprint density at radius 1 is 1.29 bits per heavy atom. The summed E-state index contributed by atoms with van der Waals surface area (Å²) in [5.41, 5.74) is -1.58. The first kappa shape index (κ1) is 12.6. The number of aromatic carboxylic acids is 1. The molecule has 0 saturated carbocycles. The Hall–Kier alpha value is -2.51. The van der Waals surface area contributed by atoms with Crippen molar-refractivity contribution in [1.82, 2.24) is 0 Å². The van der Waals surface area contributed by atoms with Crippen molar-refractivity contribution in [3.63, 3.8) is 0 Å². The predicted octanol–water partition coefficient (Wildman–Crippen LogP) is 1.76. The molecule has 0 amide bonds.